The highest BCUT2D eigenvalue weighted by atomic mass is 79.9. The minimum atomic E-state index is -0.728. The van der Waals surface area contributed by atoms with Gasteiger partial charge in [0.15, 0.2) is 0 Å². The Morgan fingerprint density at radius 1 is 1.53 bits per heavy atom. The smallest absolute Gasteiger partial charge is 0.0551 e. The van der Waals surface area contributed by atoms with E-state index >= 15 is 0 Å². The number of rotatable bonds is 5. The molecule has 0 heterocycles. The molecule has 0 saturated heterocycles. The van der Waals surface area contributed by atoms with Crippen molar-refractivity contribution in [2.75, 3.05) is 18.6 Å². The topological polar surface area (TPSA) is 29.1 Å². The highest BCUT2D eigenvalue weighted by Crippen LogP contribution is 2.22. The monoisotopic (exact) mass is 309 g/mol. The molecule has 1 unspecified atom stereocenters. The minimum absolute atomic E-state index is 0.685. The van der Waals surface area contributed by atoms with E-state index in [1.54, 1.807) is 6.26 Å². The third kappa shape index (κ3) is 5.11. The van der Waals surface area contributed by atoms with Crippen LogP contribution in [-0.2, 0) is 17.3 Å². The Bertz CT molecular complexity index is 359. The Hall–Kier alpha value is 0.1000. The lowest BCUT2D eigenvalue weighted by Gasteiger charge is -2.05. The van der Waals surface area contributed by atoms with Gasteiger partial charge in [0.2, 0.25) is 0 Å². The number of nitrogens with one attached hydrogen (secondary N) is 1. The highest BCUT2D eigenvalue weighted by molar-refractivity contribution is 9.10. The molecular weight excluding hydrogens is 298 g/mol. The zero-order valence-corrected chi connectivity index (χ0v) is 11.6. The summed E-state index contributed by atoms with van der Waals surface area (Å²) in [5.74, 6) is 0.685. The zero-order valence-electron chi connectivity index (χ0n) is 8.43. The summed E-state index contributed by atoms with van der Waals surface area (Å²) in [6, 6.07) is 5.85. The molecular formula is C10H13BrClNOS. The van der Waals surface area contributed by atoms with E-state index in [0.29, 0.717) is 10.8 Å². The van der Waals surface area contributed by atoms with Crippen molar-refractivity contribution < 1.29 is 4.21 Å². The number of halogens is 2. The molecule has 5 heteroatoms. The summed E-state index contributed by atoms with van der Waals surface area (Å²) in [7, 11) is -0.728. The van der Waals surface area contributed by atoms with Gasteiger partial charge >= 0.3 is 0 Å². The van der Waals surface area contributed by atoms with Crippen LogP contribution in [0.15, 0.2) is 22.7 Å². The van der Waals surface area contributed by atoms with Crippen molar-refractivity contribution in [3.05, 3.63) is 33.3 Å². The standard InChI is InChI=1S/C10H13BrClNOS/c1-15(14)5-4-13-7-8-2-3-9(11)10(12)6-8/h2-3,6,13H,4-5,7H2,1H3. The Balaban J connectivity index is 2.38. The summed E-state index contributed by atoms with van der Waals surface area (Å²) in [5, 5.41) is 3.93. The summed E-state index contributed by atoms with van der Waals surface area (Å²) in [6.07, 6.45) is 1.71. The van der Waals surface area contributed by atoms with Crippen molar-refractivity contribution in [1.82, 2.24) is 5.32 Å². The molecule has 1 atom stereocenters. The van der Waals surface area contributed by atoms with E-state index in [-0.39, 0.29) is 0 Å². The molecule has 1 N–H and O–H groups in total. The van der Waals surface area contributed by atoms with E-state index in [1.807, 2.05) is 18.2 Å². The average molecular weight is 311 g/mol. The fourth-order valence-corrected chi connectivity index (χ4v) is 1.98. The zero-order chi connectivity index (χ0) is 11.3. The lowest BCUT2D eigenvalue weighted by molar-refractivity contribution is 0.676. The molecule has 0 bridgehead atoms. The maximum atomic E-state index is 10.8. The van der Waals surface area contributed by atoms with Gasteiger partial charge in [0, 0.05) is 40.4 Å². The van der Waals surface area contributed by atoms with Crippen LogP contribution in [0.3, 0.4) is 0 Å². The van der Waals surface area contributed by atoms with E-state index in [9.17, 15) is 4.21 Å². The Morgan fingerprint density at radius 2 is 2.27 bits per heavy atom. The van der Waals surface area contributed by atoms with Crippen LogP contribution in [0.25, 0.3) is 0 Å². The van der Waals surface area contributed by atoms with Crippen molar-refractivity contribution in [3.63, 3.8) is 0 Å². The van der Waals surface area contributed by atoms with Crippen LogP contribution in [0, 0.1) is 0 Å². The molecule has 84 valence electrons. The Kier molecular flexibility index (Phi) is 5.82. The molecule has 0 amide bonds. The summed E-state index contributed by atoms with van der Waals surface area (Å²) >= 11 is 9.29. The SMILES string of the molecule is CS(=O)CCNCc1ccc(Br)c(Cl)c1. The summed E-state index contributed by atoms with van der Waals surface area (Å²) in [6.45, 7) is 1.51. The van der Waals surface area contributed by atoms with Crippen molar-refractivity contribution in [1.29, 1.82) is 0 Å². The molecule has 0 aliphatic rings. The first kappa shape index (κ1) is 13.2. The van der Waals surface area contributed by atoms with E-state index in [4.69, 9.17) is 11.6 Å². The van der Waals surface area contributed by atoms with Crippen LogP contribution < -0.4 is 5.32 Å². The maximum absolute atomic E-state index is 10.8. The molecule has 0 aliphatic heterocycles. The minimum Gasteiger partial charge on any atom is -0.312 e. The molecule has 0 saturated carbocycles. The lowest BCUT2D eigenvalue weighted by Crippen LogP contribution is -2.19. The second-order valence-electron chi connectivity index (χ2n) is 3.20. The fraction of sp³-hybridized carbons (Fsp3) is 0.400. The molecule has 0 aliphatic carbocycles. The Labute approximate surface area is 106 Å². The molecule has 0 fully saturated rings. The van der Waals surface area contributed by atoms with Crippen LogP contribution in [0.4, 0.5) is 0 Å². The first-order chi connectivity index (χ1) is 7.09. The van der Waals surface area contributed by atoms with Crippen molar-refractivity contribution >= 4 is 38.3 Å². The summed E-state index contributed by atoms with van der Waals surface area (Å²) in [5.41, 5.74) is 1.13. The summed E-state index contributed by atoms with van der Waals surface area (Å²) in [4.78, 5) is 0. The van der Waals surface area contributed by atoms with Gasteiger partial charge in [-0.25, -0.2) is 0 Å². The molecule has 1 aromatic rings. The lowest BCUT2D eigenvalue weighted by atomic mass is 10.2. The highest BCUT2D eigenvalue weighted by Gasteiger charge is 1.98. The van der Waals surface area contributed by atoms with E-state index < -0.39 is 10.8 Å². The quantitative estimate of drug-likeness (QED) is 0.847. The number of hydrogen-bond acceptors (Lipinski definition) is 2. The van der Waals surface area contributed by atoms with Gasteiger partial charge in [0.25, 0.3) is 0 Å². The molecule has 2 nitrogen and oxygen atoms in total. The van der Waals surface area contributed by atoms with Crippen molar-refractivity contribution in [3.8, 4) is 0 Å². The van der Waals surface area contributed by atoms with E-state index in [2.05, 4.69) is 21.2 Å². The third-order valence-corrected chi connectivity index (χ3v) is 3.89. The second-order valence-corrected chi connectivity index (χ2v) is 6.02. The van der Waals surface area contributed by atoms with Gasteiger partial charge in [-0.15, -0.1) is 0 Å². The van der Waals surface area contributed by atoms with E-state index in [0.717, 1.165) is 23.1 Å². The first-order valence-electron chi connectivity index (χ1n) is 4.54. The predicted molar refractivity (Wildman–Crippen MR) is 69.8 cm³/mol. The van der Waals surface area contributed by atoms with Crippen LogP contribution in [0.2, 0.25) is 5.02 Å². The van der Waals surface area contributed by atoms with Crippen molar-refractivity contribution in [2.45, 2.75) is 6.54 Å². The van der Waals surface area contributed by atoms with Gasteiger partial charge in [0.1, 0.15) is 0 Å². The van der Waals surface area contributed by atoms with Crippen molar-refractivity contribution in [2.24, 2.45) is 0 Å². The molecule has 15 heavy (non-hydrogen) atoms. The van der Waals surface area contributed by atoms with Gasteiger partial charge in [-0.2, -0.15) is 0 Å². The van der Waals surface area contributed by atoms with Crippen LogP contribution in [0.5, 0.6) is 0 Å². The van der Waals surface area contributed by atoms with Gasteiger partial charge in [-0.3, -0.25) is 4.21 Å². The molecule has 1 rings (SSSR count). The van der Waals surface area contributed by atoms with Gasteiger partial charge in [0.05, 0.1) is 5.02 Å². The average Bonchev–Trinajstić information content (AvgIpc) is 2.18. The van der Waals surface area contributed by atoms with Crippen LogP contribution in [0.1, 0.15) is 5.56 Å². The predicted octanol–water partition coefficient (Wildman–Crippen LogP) is 2.57. The fourth-order valence-electron chi connectivity index (χ4n) is 1.10. The number of hydrogen-bond donors (Lipinski definition) is 1. The Morgan fingerprint density at radius 3 is 2.87 bits per heavy atom. The second kappa shape index (κ2) is 6.63. The molecule has 0 spiro atoms. The normalized spacial score (nSPS) is 12.7. The van der Waals surface area contributed by atoms with Gasteiger partial charge in [-0.05, 0) is 33.6 Å². The summed E-state index contributed by atoms with van der Waals surface area (Å²) < 4.78 is 11.7. The third-order valence-electron chi connectivity index (χ3n) is 1.88. The number of benzene rings is 1. The molecule has 0 radical (unpaired) electrons. The van der Waals surface area contributed by atoms with E-state index in [1.165, 1.54) is 0 Å². The molecule has 0 aromatic heterocycles. The largest absolute Gasteiger partial charge is 0.312 e. The van der Waals surface area contributed by atoms with Gasteiger partial charge < -0.3 is 5.32 Å². The van der Waals surface area contributed by atoms with Crippen LogP contribution >= 0.6 is 27.5 Å². The maximum Gasteiger partial charge on any atom is 0.0551 e. The van der Waals surface area contributed by atoms with Crippen LogP contribution in [-0.4, -0.2) is 22.8 Å². The first-order valence-corrected chi connectivity index (χ1v) is 7.44. The van der Waals surface area contributed by atoms with Gasteiger partial charge in [-0.1, -0.05) is 17.7 Å². The molecule has 1 aromatic carbocycles.